The van der Waals surface area contributed by atoms with Crippen molar-refractivity contribution < 1.29 is 14.3 Å². The van der Waals surface area contributed by atoms with Gasteiger partial charge in [0, 0.05) is 0 Å². The molecular formula is C20H38O3. The molecule has 0 spiro atoms. The van der Waals surface area contributed by atoms with Crippen LogP contribution < -0.4 is 0 Å². The molecule has 1 rings (SSSR count). The Balaban J connectivity index is 0.000000568. The van der Waals surface area contributed by atoms with Crippen molar-refractivity contribution in [1.82, 2.24) is 0 Å². The molecule has 136 valence electrons. The number of hydrogen-bond acceptors (Lipinski definition) is 3. The van der Waals surface area contributed by atoms with Gasteiger partial charge in [0.05, 0.1) is 12.8 Å². The Morgan fingerprint density at radius 2 is 1.17 bits per heavy atom. The second-order valence-electron chi connectivity index (χ2n) is 6.67. The van der Waals surface area contributed by atoms with Crippen LogP contribution in [0.4, 0.5) is 0 Å². The fourth-order valence-electron chi connectivity index (χ4n) is 2.88. The van der Waals surface area contributed by atoms with Gasteiger partial charge in [-0.25, -0.2) is 0 Å². The fraction of sp³-hybridized carbons (Fsp3) is 0.900. The number of unbranched alkanes of at least 4 members (excludes halogenated alkanes) is 7. The molecule has 0 aromatic rings. The van der Waals surface area contributed by atoms with Gasteiger partial charge < -0.3 is 4.74 Å². The predicted octanol–water partition coefficient (Wildman–Crippen LogP) is 6.19. The minimum absolute atomic E-state index is 0.263. The number of esters is 2. The molecule has 1 aliphatic heterocycles. The summed E-state index contributed by atoms with van der Waals surface area (Å²) in [5.41, 5.74) is 0. The molecule has 0 aromatic carbocycles. The van der Waals surface area contributed by atoms with Gasteiger partial charge in [0.1, 0.15) is 0 Å². The first-order chi connectivity index (χ1) is 11.1. The van der Waals surface area contributed by atoms with Crippen molar-refractivity contribution in [2.24, 2.45) is 5.92 Å². The molecule has 3 heteroatoms. The number of carbonyl (C=O) groups excluding carboxylic acids is 2. The second-order valence-corrected chi connectivity index (χ2v) is 6.67. The molecule has 0 bridgehead atoms. The summed E-state index contributed by atoms with van der Waals surface area (Å²) in [5, 5.41) is 0. The molecule has 23 heavy (non-hydrogen) atoms. The number of carbonyl (C=O) groups is 2. The average Bonchev–Trinajstić information content (AvgIpc) is 2.93. The lowest BCUT2D eigenvalue weighted by Crippen LogP contribution is -1.99. The van der Waals surface area contributed by atoms with Gasteiger partial charge in [-0.05, 0) is 5.92 Å². The summed E-state index contributed by atoms with van der Waals surface area (Å²) in [6.45, 7) is 6.96. The number of rotatable bonds is 12. The molecular weight excluding hydrogens is 288 g/mol. The molecule has 1 unspecified atom stereocenters. The molecule has 1 saturated heterocycles. The number of ether oxygens (including phenoxy) is 1. The number of cyclic esters (lactones) is 2. The third kappa shape index (κ3) is 14.5. The van der Waals surface area contributed by atoms with E-state index in [1.54, 1.807) is 0 Å². The Kier molecular flexibility index (Phi) is 15.4. The Morgan fingerprint density at radius 3 is 1.61 bits per heavy atom. The van der Waals surface area contributed by atoms with Gasteiger partial charge in [0.25, 0.3) is 0 Å². The van der Waals surface area contributed by atoms with Crippen LogP contribution in [0.2, 0.25) is 0 Å². The van der Waals surface area contributed by atoms with Crippen LogP contribution in [-0.2, 0) is 14.3 Å². The van der Waals surface area contributed by atoms with Crippen LogP contribution in [-0.4, -0.2) is 11.9 Å². The highest BCUT2D eigenvalue weighted by atomic mass is 16.6. The zero-order valence-electron chi connectivity index (χ0n) is 15.7. The van der Waals surface area contributed by atoms with Crippen LogP contribution in [0.1, 0.15) is 111 Å². The van der Waals surface area contributed by atoms with Crippen molar-refractivity contribution in [3.05, 3.63) is 0 Å². The fourth-order valence-corrected chi connectivity index (χ4v) is 2.88. The van der Waals surface area contributed by atoms with Crippen LogP contribution in [0, 0.1) is 5.92 Å². The Hall–Kier alpha value is -0.860. The molecule has 0 radical (unpaired) electrons. The summed E-state index contributed by atoms with van der Waals surface area (Å²) in [4.78, 5) is 20.0. The highest BCUT2D eigenvalue weighted by Gasteiger charge is 2.19. The van der Waals surface area contributed by atoms with Crippen molar-refractivity contribution in [2.75, 3.05) is 0 Å². The third-order valence-electron chi connectivity index (χ3n) is 4.52. The van der Waals surface area contributed by atoms with Gasteiger partial charge in [0.2, 0.25) is 0 Å². The summed E-state index contributed by atoms with van der Waals surface area (Å²) < 4.78 is 4.08. The Labute approximate surface area is 143 Å². The molecule has 0 aromatic heterocycles. The van der Waals surface area contributed by atoms with Gasteiger partial charge in [-0.2, -0.15) is 0 Å². The molecule has 3 nitrogen and oxygen atoms in total. The van der Waals surface area contributed by atoms with E-state index in [0.29, 0.717) is 0 Å². The van der Waals surface area contributed by atoms with Crippen molar-refractivity contribution >= 4 is 11.9 Å². The maximum absolute atomic E-state index is 10.0. The maximum Gasteiger partial charge on any atom is 0.314 e. The van der Waals surface area contributed by atoms with E-state index < -0.39 is 11.9 Å². The maximum atomic E-state index is 10.0. The van der Waals surface area contributed by atoms with E-state index in [9.17, 15) is 9.59 Å². The highest BCUT2D eigenvalue weighted by molar-refractivity contribution is 5.92. The van der Waals surface area contributed by atoms with Crippen molar-refractivity contribution in [3.8, 4) is 0 Å². The standard InChI is InChI=1S/C16H34.C4H4O3/c1-4-7-9-10-11-13-15-16(6-3)14-12-8-5-2;5-3-1-2-4(6)7-3/h16H,4-15H2,1-3H3;1-2H2. The quantitative estimate of drug-likeness (QED) is 0.244. The summed E-state index contributed by atoms with van der Waals surface area (Å²) in [6.07, 6.45) is 17.9. The normalized spacial score (nSPS) is 15.1. The topological polar surface area (TPSA) is 43.4 Å². The Bertz CT molecular complexity index is 285. The van der Waals surface area contributed by atoms with Gasteiger partial charge >= 0.3 is 11.9 Å². The van der Waals surface area contributed by atoms with Crippen LogP contribution in [0.15, 0.2) is 0 Å². The molecule has 1 fully saturated rings. The molecule has 0 aliphatic carbocycles. The van der Waals surface area contributed by atoms with Crippen molar-refractivity contribution in [2.45, 2.75) is 111 Å². The minimum Gasteiger partial charge on any atom is -0.393 e. The van der Waals surface area contributed by atoms with Crippen LogP contribution in [0.3, 0.4) is 0 Å². The molecule has 0 saturated carbocycles. The van der Waals surface area contributed by atoms with E-state index >= 15 is 0 Å². The molecule has 1 atom stereocenters. The predicted molar refractivity (Wildman–Crippen MR) is 96.2 cm³/mol. The zero-order chi connectivity index (χ0) is 17.3. The molecule has 0 N–H and O–H groups in total. The van der Waals surface area contributed by atoms with Gasteiger partial charge in [-0.15, -0.1) is 0 Å². The smallest absolute Gasteiger partial charge is 0.314 e. The van der Waals surface area contributed by atoms with E-state index in [2.05, 4.69) is 25.5 Å². The van der Waals surface area contributed by atoms with Crippen molar-refractivity contribution in [1.29, 1.82) is 0 Å². The third-order valence-corrected chi connectivity index (χ3v) is 4.52. The van der Waals surface area contributed by atoms with Gasteiger partial charge in [-0.3, -0.25) is 9.59 Å². The van der Waals surface area contributed by atoms with E-state index in [1.807, 2.05) is 0 Å². The van der Waals surface area contributed by atoms with Crippen LogP contribution >= 0.6 is 0 Å². The lowest BCUT2D eigenvalue weighted by atomic mass is 9.92. The monoisotopic (exact) mass is 326 g/mol. The average molecular weight is 327 g/mol. The highest BCUT2D eigenvalue weighted by Crippen LogP contribution is 2.20. The van der Waals surface area contributed by atoms with E-state index in [0.717, 1.165) is 5.92 Å². The van der Waals surface area contributed by atoms with E-state index in [1.165, 1.54) is 77.0 Å². The molecule has 1 heterocycles. The SMILES string of the molecule is CCCCCCCCC(CC)CCCCC.O=C1CCC(=O)O1. The second kappa shape index (κ2) is 16.0. The number of hydrogen-bond donors (Lipinski definition) is 0. The summed E-state index contributed by atoms with van der Waals surface area (Å²) in [7, 11) is 0. The van der Waals surface area contributed by atoms with Gasteiger partial charge in [-0.1, -0.05) is 97.8 Å². The summed E-state index contributed by atoms with van der Waals surface area (Å²) in [6, 6.07) is 0. The van der Waals surface area contributed by atoms with Crippen LogP contribution in [0.25, 0.3) is 0 Å². The lowest BCUT2D eigenvalue weighted by molar-refractivity contribution is -0.151. The molecule has 1 aliphatic rings. The van der Waals surface area contributed by atoms with E-state index in [-0.39, 0.29) is 12.8 Å². The molecule has 0 amide bonds. The van der Waals surface area contributed by atoms with Crippen molar-refractivity contribution in [3.63, 3.8) is 0 Å². The summed E-state index contributed by atoms with van der Waals surface area (Å²) in [5.74, 6) is 0.229. The van der Waals surface area contributed by atoms with E-state index in [4.69, 9.17) is 0 Å². The Morgan fingerprint density at radius 1 is 0.739 bits per heavy atom. The minimum atomic E-state index is -0.398. The van der Waals surface area contributed by atoms with Gasteiger partial charge in [0.15, 0.2) is 0 Å². The van der Waals surface area contributed by atoms with Crippen LogP contribution in [0.5, 0.6) is 0 Å². The first-order valence-corrected chi connectivity index (χ1v) is 9.87. The lowest BCUT2D eigenvalue weighted by Gasteiger charge is -2.14. The largest absolute Gasteiger partial charge is 0.393 e. The first-order valence-electron chi connectivity index (χ1n) is 9.87. The first kappa shape index (κ1) is 22.1. The summed E-state index contributed by atoms with van der Waals surface area (Å²) >= 11 is 0. The zero-order valence-corrected chi connectivity index (χ0v) is 15.7.